The Morgan fingerprint density at radius 1 is 1.27 bits per heavy atom. The van der Waals surface area contributed by atoms with Crippen LogP contribution in [0.2, 0.25) is 0 Å². The Balaban J connectivity index is 1.72. The van der Waals surface area contributed by atoms with Gasteiger partial charge >= 0.3 is 0 Å². The van der Waals surface area contributed by atoms with Gasteiger partial charge in [-0.3, -0.25) is 9.48 Å². The summed E-state index contributed by atoms with van der Waals surface area (Å²) >= 11 is 0. The summed E-state index contributed by atoms with van der Waals surface area (Å²) in [5, 5.41) is 4.53. The lowest BCUT2D eigenvalue weighted by Gasteiger charge is -2.10. The number of benzene rings is 1. The van der Waals surface area contributed by atoms with E-state index >= 15 is 0 Å². The van der Waals surface area contributed by atoms with Crippen LogP contribution in [-0.2, 0) is 17.8 Å². The first-order valence-electron chi connectivity index (χ1n) is 9.39. The molecule has 4 rings (SSSR count). The Hall–Kier alpha value is -2.69. The smallest absolute Gasteiger partial charge is 0.217 e. The van der Waals surface area contributed by atoms with E-state index in [9.17, 15) is 4.79 Å². The zero-order valence-corrected chi connectivity index (χ0v) is 15.1. The Morgan fingerprint density at radius 3 is 2.69 bits per heavy atom. The van der Waals surface area contributed by atoms with Gasteiger partial charge in [0.1, 0.15) is 5.52 Å². The van der Waals surface area contributed by atoms with E-state index in [1.54, 1.807) is 0 Å². The molecule has 0 aliphatic heterocycles. The van der Waals surface area contributed by atoms with Gasteiger partial charge in [-0.05, 0) is 48.8 Å². The number of nitrogens with two attached hydrogens (primary N) is 1. The molecular formula is C21H24N4O. The largest absolute Gasteiger partial charge is 0.370 e. The average Bonchev–Trinajstić information content (AvgIpc) is 3.42. The van der Waals surface area contributed by atoms with Gasteiger partial charge in [0, 0.05) is 18.5 Å². The molecule has 1 saturated carbocycles. The zero-order chi connectivity index (χ0) is 18.1. The van der Waals surface area contributed by atoms with Crippen molar-refractivity contribution in [3.05, 3.63) is 47.7 Å². The van der Waals surface area contributed by atoms with Crippen LogP contribution in [-0.4, -0.2) is 20.7 Å². The van der Waals surface area contributed by atoms with Crippen molar-refractivity contribution in [2.24, 2.45) is 5.73 Å². The fraction of sp³-hybridized carbons (Fsp3) is 0.381. The van der Waals surface area contributed by atoms with Gasteiger partial charge in [0.2, 0.25) is 5.91 Å². The molecule has 1 aliphatic rings. The lowest BCUT2D eigenvalue weighted by atomic mass is 10.0. The summed E-state index contributed by atoms with van der Waals surface area (Å²) < 4.78 is 1.99. The predicted octanol–water partition coefficient (Wildman–Crippen LogP) is 3.80. The van der Waals surface area contributed by atoms with E-state index in [0.29, 0.717) is 25.3 Å². The normalized spacial score (nSPS) is 14.0. The molecular weight excluding hydrogens is 324 g/mol. The third-order valence-corrected chi connectivity index (χ3v) is 5.09. The van der Waals surface area contributed by atoms with E-state index in [1.807, 2.05) is 10.9 Å². The van der Waals surface area contributed by atoms with Crippen molar-refractivity contribution in [2.45, 2.75) is 51.5 Å². The number of hydrogen-bond donors (Lipinski definition) is 1. The fourth-order valence-corrected chi connectivity index (χ4v) is 3.47. The minimum Gasteiger partial charge on any atom is -0.370 e. The van der Waals surface area contributed by atoms with Gasteiger partial charge in [-0.1, -0.05) is 31.2 Å². The highest BCUT2D eigenvalue weighted by Crippen LogP contribution is 2.44. The van der Waals surface area contributed by atoms with Gasteiger partial charge in [0.05, 0.1) is 17.4 Å². The van der Waals surface area contributed by atoms with Gasteiger partial charge in [0.15, 0.2) is 0 Å². The number of carbonyl (C=O) groups excluding carboxylic acids is 1. The van der Waals surface area contributed by atoms with Crippen molar-refractivity contribution in [2.75, 3.05) is 0 Å². The Kier molecular flexibility index (Phi) is 4.45. The molecule has 134 valence electrons. The Labute approximate surface area is 153 Å². The first-order chi connectivity index (χ1) is 12.7. The first-order valence-corrected chi connectivity index (χ1v) is 9.39. The lowest BCUT2D eigenvalue weighted by molar-refractivity contribution is -0.118. The number of amides is 1. The van der Waals surface area contributed by atoms with E-state index in [-0.39, 0.29) is 5.91 Å². The molecule has 0 bridgehead atoms. The number of rotatable bonds is 7. The van der Waals surface area contributed by atoms with E-state index in [2.05, 4.69) is 42.4 Å². The molecule has 1 amide bonds. The van der Waals surface area contributed by atoms with Crippen molar-refractivity contribution >= 4 is 16.9 Å². The average molecular weight is 348 g/mol. The van der Waals surface area contributed by atoms with Gasteiger partial charge < -0.3 is 5.73 Å². The van der Waals surface area contributed by atoms with E-state index in [1.165, 1.54) is 24.0 Å². The van der Waals surface area contributed by atoms with E-state index < -0.39 is 0 Å². The highest BCUT2D eigenvalue weighted by Gasteiger charge is 2.28. The molecule has 5 nitrogen and oxygen atoms in total. The molecule has 0 radical (unpaired) electrons. The van der Waals surface area contributed by atoms with Gasteiger partial charge in [-0.15, -0.1) is 0 Å². The van der Waals surface area contributed by atoms with Crippen molar-refractivity contribution in [1.82, 2.24) is 14.8 Å². The van der Waals surface area contributed by atoms with Crippen LogP contribution in [0.5, 0.6) is 0 Å². The maximum atomic E-state index is 11.0. The second-order valence-corrected chi connectivity index (χ2v) is 7.09. The SMILES string of the molecule is CCc1ccc(-c2cc(C3CC3)c3c(cnn3CCCC(N)=O)n2)cc1. The van der Waals surface area contributed by atoms with Gasteiger partial charge in [0.25, 0.3) is 0 Å². The number of nitrogens with zero attached hydrogens (tertiary/aromatic N) is 3. The molecule has 0 spiro atoms. The third kappa shape index (κ3) is 3.34. The van der Waals surface area contributed by atoms with Crippen molar-refractivity contribution in [3.8, 4) is 11.3 Å². The number of aromatic nitrogens is 3. The summed E-state index contributed by atoms with van der Waals surface area (Å²) in [4.78, 5) is 15.9. The second-order valence-electron chi connectivity index (χ2n) is 7.09. The van der Waals surface area contributed by atoms with Crippen molar-refractivity contribution in [1.29, 1.82) is 0 Å². The summed E-state index contributed by atoms with van der Waals surface area (Å²) in [5.74, 6) is 0.334. The van der Waals surface area contributed by atoms with Crippen LogP contribution in [0.15, 0.2) is 36.5 Å². The molecule has 0 unspecified atom stereocenters. The molecule has 0 saturated heterocycles. The quantitative estimate of drug-likeness (QED) is 0.706. The minimum atomic E-state index is -0.264. The molecule has 2 aromatic heterocycles. The molecule has 2 N–H and O–H groups in total. The Morgan fingerprint density at radius 2 is 2.04 bits per heavy atom. The number of pyridine rings is 1. The monoisotopic (exact) mass is 348 g/mol. The van der Waals surface area contributed by atoms with Crippen molar-refractivity contribution in [3.63, 3.8) is 0 Å². The summed E-state index contributed by atoms with van der Waals surface area (Å²) in [7, 11) is 0. The second kappa shape index (κ2) is 6.90. The molecule has 1 fully saturated rings. The van der Waals surface area contributed by atoms with Gasteiger partial charge in [-0.2, -0.15) is 5.10 Å². The topological polar surface area (TPSA) is 73.8 Å². The summed E-state index contributed by atoms with van der Waals surface area (Å²) in [5.41, 5.74) is 12.1. The van der Waals surface area contributed by atoms with Crippen LogP contribution in [0.25, 0.3) is 22.3 Å². The molecule has 26 heavy (non-hydrogen) atoms. The number of primary amides is 1. The van der Waals surface area contributed by atoms with E-state index in [4.69, 9.17) is 10.7 Å². The standard InChI is InChI=1S/C21H24N4O/c1-2-14-5-7-16(8-6-14)18-12-17(15-9-10-15)21-19(24-18)13-23-25(21)11-3-4-20(22)26/h5-8,12-13,15H,2-4,9-11H2,1H3,(H2,22,26). The van der Waals surface area contributed by atoms with Crippen LogP contribution in [0.1, 0.15) is 49.7 Å². The first kappa shape index (κ1) is 16.8. The maximum Gasteiger partial charge on any atom is 0.217 e. The van der Waals surface area contributed by atoms with Crippen LogP contribution < -0.4 is 5.73 Å². The maximum absolute atomic E-state index is 11.0. The van der Waals surface area contributed by atoms with Crippen LogP contribution >= 0.6 is 0 Å². The van der Waals surface area contributed by atoms with Crippen LogP contribution in [0.3, 0.4) is 0 Å². The summed E-state index contributed by atoms with van der Waals surface area (Å²) in [6, 6.07) is 10.9. The molecule has 1 aliphatic carbocycles. The number of aryl methyl sites for hydroxylation is 2. The number of fused-ring (bicyclic) bond motifs is 1. The molecule has 3 aromatic rings. The van der Waals surface area contributed by atoms with E-state index in [0.717, 1.165) is 28.7 Å². The number of hydrogen-bond acceptors (Lipinski definition) is 3. The summed E-state index contributed by atoms with van der Waals surface area (Å²) in [6.07, 6.45) is 6.42. The molecule has 2 heterocycles. The van der Waals surface area contributed by atoms with Gasteiger partial charge in [-0.25, -0.2) is 4.98 Å². The summed E-state index contributed by atoms with van der Waals surface area (Å²) in [6.45, 7) is 2.86. The van der Waals surface area contributed by atoms with Crippen LogP contribution in [0.4, 0.5) is 0 Å². The Bertz CT molecular complexity index is 939. The highest BCUT2D eigenvalue weighted by atomic mass is 16.1. The van der Waals surface area contributed by atoms with Crippen LogP contribution in [0, 0.1) is 0 Å². The predicted molar refractivity (Wildman–Crippen MR) is 103 cm³/mol. The highest BCUT2D eigenvalue weighted by molar-refractivity contribution is 5.83. The zero-order valence-electron chi connectivity index (χ0n) is 15.1. The fourth-order valence-electron chi connectivity index (χ4n) is 3.47. The van der Waals surface area contributed by atoms with Crippen molar-refractivity contribution < 1.29 is 4.79 Å². The third-order valence-electron chi connectivity index (χ3n) is 5.09. The lowest BCUT2D eigenvalue weighted by Crippen LogP contribution is -2.12. The molecule has 1 aromatic carbocycles. The molecule has 0 atom stereocenters. The molecule has 5 heteroatoms. The minimum absolute atomic E-state index is 0.264. The number of carbonyl (C=O) groups is 1.